The predicted octanol–water partition coefficient (Wildman–Crippen LogP) is 2.26. The van der Waals surface area contributed by atoms with Crippen LogP contribution in [0.3, 0.4) is 0 Å². The zero-order valence-corrected chi connectivity index (χ0v) is 12.0. The average molecular weight is 282 g/mol. The molecule has 0 saturated carbocycles. The molecule has 1 aliphatic heterocycles. The van der Waals surface area contributed by atoms with Crippen LogP contribution in [0.15, 0.2) is 12.1 Å². The zero-order valence-electron chi connectivity index (χ0n) is 11.3. The summed E-state index contributed by atoms with van der Waals surface area (Å²) in [4.78, 5) is 18.4. The Morgan fingerprint density at radius 1 is 1.37 bits per heavy atom. The van der Waals surface area contributed by atoms with Crippen molar-refractivity contribution in [3.8, 4) is 0 Å². The van der Waals surface area contributed by atoms with Crippen molar-refractivity contribution in [2.75, 3.05) is 26.2 Å². The lowest BCUT2D eigenvalue weighted by atomic mass is 10.1. The van der Waals surface area contributed by atoms with E-state index in [9.17, 15) is 4.79 Å². The molecular weight excluding hydrogens is 262 g/mol. The summed E-state index contributed by atoms with van der Waals surface area (Å²) < 4.78 is 0. The molecule has 19 heavy (non-hydrogen) atoms. The second-order valence-electron chi connectivity index (χ2n) is 4.98. The van der Waals surface area contributed by atoms with Crippen LogP contribution in [0, 0.1) is 6.92 Å². The highest BCUT2D eigenvalue weighted by Gasteiger charge is 2.11. The molecule has 1 aromatic rings. The van der Waals surface area contributed by atoms with Crippen LogP contribution in [0.2, 0.25) is 5.15 Å². The van der Waals surface area contributed by atoms with Crippen LogP contribution in [-0.2, 0) is 0 Å². The lowest BCUT2D eigenvalue weighted by molar-refractivity contribution is 0.0946. The number of halogens is 1. The predicted molar refractivity (Wildman–Crippen MR) is 76.6 cm³/mol. The van der Waals surface area contributed by atoms with Crippen LogP contribution in [0.1, 0.15) is 35.3 Å². The number of carbonyl (C=O) groups excluding carboxylic acids is 1. The maximum Gasteiger partial charge on any atom is 0.251 e. The van der Waals surface area contributed by atoms with Gasteiger partial charge in [-0.05, 0) is 45.0 Å². The van der Waals surface area contributed by atoms with Gasteiger partial charge in [-0.3, -0.25) is 4.79 Å². The number of aryl methyl sites for hydroxylation is 1. The standard InChI is InChI=1S/C14H20ClN3O/c1-11-9-12(10-13(15)17-11)14(19)16-5-8-18-6-3-2-4-7-18/h9-10H,2-8H2,1H3,(H,16,19). The Morgan fingerprint density at radius 2 is 2.11 bits per heavy atom. The fourth-order valence-electron chi connectivity index (χ4n) is 2.37. The maximum atomic E-state index is 12.0. The highest BCUT2D eigenvalue weighted by Crippen LogP contribution is 2.10. The molecule has 0 radical (unpaired) electrons. The molecule has 0 unspecified atom stereocenters. The molecule has 0 aromatic carbocycles. The Kier molecular flexibility index (Phi) is 5.16. The molecule has 1 amide bonds. The van der Waals surface area contributed by atoms with Crippen LogP contribution in [0.4, 0.5) is 0 Å². The van der Waals surface area contributed by atoms with Gasteiger partial charge in [0.25, 0.3) is 5.91 Å². The summed E-state index contributed by atoms with van der Waals surface area (Å²) in [6.07, 6.45) is 3.87. The van der Waals surface area contributed by atoms with Crippen LogP contribution in [0.25, 0.3) is 0 Å². The normalized spacial score (nSPS) is 16.3. The minimum Gasteiger partial charge on any atom is -0.351 e. The molecule has 2 heterocycles. The largest absolute Gasteiger partial charge is 0.351 e. The second-order valence-corrected chi connectivity index (χ2v) is 5.37. The Balaban J connectivity index is 1.80. The summed E-state index contributed by atoms with van der Waals surface area (Å²) in [6.45, 7) is 5.73. The minimum atomic E-state index is -0.0793. The summed E-state index contributed by atoms with van der Waals surface area (Å²) in [5, 5.41) is 3.30. The monoisotopic (exact) mass is 281 g/mol. The lowest BCUT2D eigenvalue weighted by Gasteiger charge is -2.26. The van der Waals surface area contributed by atoms with Crippen molar-refractivity contribution < 1.29 is 4.79 Å². The number of aromatic nitrogens is 1. The minimum absolute atomic E-state index is 0.0793. The van der Waals surface area contributed by atoms with Crippen LogP contribution < -0.4 is 5.32 Å². The van der Waals surface area contributed by atoms with E-state index in [1.165, 1.54) is 19.3 Å². The first-order chi connectivity index (χ1) is 9.15. The SMILES string of the molecule is Cc1cc(C(=O)NCCN2CCCCC2)cc(Cl)n1. The van der Waals surface area contributed by atoms with Crippen molar-refractivity contribution in [1.82, 2.24) is 15.2 Å². The van der Waals surface area contributed by atoms with Gasteiger partial charge in [0.1, 0.15) is 5.15 Å². The zero-order chi connectivity index (χ0) is 13.7. The van der Waals surface area contributed by atoms with Gasteiger partial charge in [0.05, 0.1) is 0 Å². The van der Waals surface area contributed by atoms with Crippen molar-refractivity contribution in [2.45, 2.75) is 26.2 Å². The molecule has 0 atom stereocenters. The quantitative estimate of drug-likeness (QED) is 0.861. The topological polar surface area (TPSA) is 45.2 Å². The van der Waals surface area contributed by atoms with E-state index in [1.54, 1.807) is 12.1 Å². The molecule has 0 bridgehead atoms. The Morgan fingerprint density at radius 3 is 2.79 bits per heavy atom. The average Bonchev–Trinajstić information content (AvgIpc) is 2.38. The number of piperidine rings is 1. The molecule has 104 valence electrons. The van der Waals surface area contributed by atoms with Gasteiger partial charge in [-0.15, -0.1) is 0 Å². The Hall–Kier alpha value is -1.13. The number of nitrogens with one attached hydrogen (secondary N) is 1. The first-order valence-corrected chi connectivity index (χ1v) is 7.18. The van der Waals surface area contributed by atoms with E-state index < -0.39 is 0 Å². The fraction of sp³-hybridized carbons (Fsp3) is 0.571. The van der Waals surface area contributed by atoms with Crippen LogP contribution >= 0.6 is 11.6 Å². The lowest BCUT2D eigenvalue weighted by Crippen LogP contribution is -2.37. The molecule has 1 aliphatic rings. The number of likely N-dealkylation sites (tertiary alicyclic amines) is 1. The summed E-state index contributed by atoms with van der Waals surface area (Å²) >= 11 is 5.85. The smallest absolute Gasteiger partial charge is 0.251 e. The third-order valence-corrected chi connectivity index (χ3v) is 3.54. The van der Waals surface area contributed by atoms with E-state index in [-0.39, 0.29) is 5.91 Å². The van der Waals surface area contributed by atoms with Crippen LogP contribution in [-0.4, -0.2) is 42.0 Å². The van der Waals surface area contributed by atoms with Gasteiger partial charge in [-0.2, -0.15) is 0 Å². The highest BCUT2D eigenvalue weighted by molar-refractivity contribution is 6.29. The van der Waals surface area contributed by atoms with Crippen molar-refractivity contribution in [3.63, 3.8) is 0 Å². The fourth-order valence-corrected chi connectivity index (χ4v) is 2.62. The molecule has 2 rings (SSSR count). The number of amides is 1. The number of rotatable bonds is 4. The summed E-state index contributed by atoms with van der Waals surface area (Å²) in [5.74, 6) is -0.0793. The number of pyridine rings is 1. The van der Waals surface area contributed by atoms with Gasteiger partial charge in [-0.1, -0.05) is 18.0 Å². The van der Waals surface area contributed by atoms with E-state index in [4.69, 9.17) is 11.6 Å². The summed E-state index contributed by atoms with van der Waals surface area (Å²) in [5.41, 5.74) is 1.34. The number of nitrogens with zero attached hydrogens (tertiary/aromatic N) is 2. The summed E-state index contributed by atoms with van der Waals surface area (Å²) in [6, 6.07) is 3.35. The van der Waals surface area contributed by atoms with E-state index in [0.717, 1.165) is 25.3 Å². The molecule has 1 aromatic heterocycles. The van der Waals surface area contributed by atoms with Crippen molar-refractivity contribution in [1.29, 1.82) is 0 Å². The number of carbonyl (C=O) groups is 1. The van der Waals surface area contributed by atoms with Gasteiger partial charge < -0.3 is 10.2 Å². The number of hydrogen-bond donors (Lipinski definition) is 1. The van der Waals surface area contributed by atoms with E-state index in [2.05, 4.69) is 15.2 Å². The van der Waals surface area contributed by atoms with Crippen LogP contribution in [0.5, 0.6) is 0 Å². The molecule has 0 spiro atoms. The molecule has 1 fully saturated rings. The van der Waals surface area contributed by atoms with Gasteiger partial charge in [0.15, 0.2) is 0 Å². The van der Waals surface area contributed by atoms with E-state index >= 15 is 0 Å². The van der Waals surface area contributed by atoms with E-state index in [0.29, 0.717) is 17.3 Å². The summed E-state index contributed by atoms with van der Waals surface area (Å²) in [7, 11) is 0. The number of hydrogen-bond acceptors (Lipinski definition) is 3. The Bertz CT molecular complexity index is 424. The third kappa shape index (κ3) is 4.48. The van der Waals surface area contributed by atoms with E-state index in [1.807, 2.05) is 6.92 Å². The highest BCUT2D eigenvalue weighted by atomic mass is 35.5. The first-order valence-electron chi connectivity index (χ1n) is 6.80. The maximum absolute atomic E-state index is 12.0. The van der Waals surface area contributed by atoms with Crippen molar-refractivity contribution in [3.05, 3.63) is 28.5 Å². The molecule has 0 aliphatic carbocycles. The molecule has 5 heteroatoms. The van der Waals surface area contributed by atoms with Gasteiger partial charge in [-0.25, -0.2) is 4.98 Å². The molecule has 4 nitrogen and oxygen atoms in total. The van der Waals surface area contributed by atoms with Crippen molar-refractivity contribution in [2.24, 2.45) is 0 Å². The van der Waals surface area contributed by atoms with Gasteiger partial charge in [0, 0.05) is 24.3 Å². The second kappa shape index (κ2) is 6.87. The Labute approximate surface area is 119 Å². The van der Waals surface area contributed by atoms with Gasteiger partial charge >= 0.3 is 0 Å². The molecule has 1 N–H and O–H groups in total. The first kappa shape index (κ1) is 14.3. The van der Waals surface area contributed by atoms with Gasteiger partial charge in [0.2, 0.25) is 0 Å². The molecular formula is C14H20ClN3O. The molecule has 1 saturated heterocycles. The van der Waals surface area contributed by atoms with Crippen molar-refractivity contribution >= 4 is 17.5 Å². The third-order valence-electron chi connectivity index (χ3n) is 3.35.